The van der Waals surface area contributed by atoms with E-state index in [0.29, 0.717) is 5.82 Å². The molecule has 1 aliphatic heterocycles. The molecule has 1 aliphatic rings. The maximum atomic E-state index is 12.9. The van der Waals surface area contributed by atoms with Crippen LogP contribution in [0.1, 0.15) is 23.9 Å². The van der Waals surface area contributed by atoms with Gasteiger partial charge in [-0.2, -0.15) is 0 Å². The zero-order valence-electron chi connectivity index (χ0n) is 16.7. The number of carbonyl (C=O) groups is 2. The molecule has 2 N–H and O–H groups in total. The molecule has 154 valence electrons. The van der Waals surface area contributed by atoms with E-state index in [-0.39, 0.29) is 18.2 Å². The summed E-state index contributed by atoms with van der Waals surface area (Å²) in [5, 5.41) is 5.44. The third kappa shape index (κ3) is 4.18. The summed E-state index contributed by atoms with van der Waals surface area (Å²) in [7, 11) is 3.49. The minimum atomic E-state index is -0.488. The number of amides is 2. The van der Waals surface area contributed by atoms with E-state index in [4.69, 9.17) is 4.74 Å². The molecule has 0 aliphatic carbocycles. The molecule has 3 aromatic rings. The summed E-state index contributed by atoms with van der Waals surface area (Å²) in [6, 6.07) is 14.6. The van der Waals surface area contributed by atoms with E-state index < -0.39 is 11.3 Å². The lowest BCUT2D eigenvalue weighted by Crippen LogP contribution is -2.37. The van der Waals surface area contributed by atoms with Gasteiger partial charge in [0.1, 0.15) is 17.6 Å². The monoisotopic (exact) mass is 422 g/mol. The van der Waals surface area contributed by atoms with Crippen LogP contribution in [0.5, 0.6) is 5.75 Å². The van der Waals surface area contributed by atoms with Gasteiger partial charge < -0.3 is 19.9 Å². The van der Waals surface area contributed by atoms with Gasteiger partial charge in [-0.25, -0.2) is 4.98 Å². The predicted molar refractivity (Wildman–Crippen MR) is 116 cm³/mol. The first-order chi connectivity index (χ1) is 14.5. The smallest absolute Gasteiger partial charge is 0.238 e. The van der Waals surface area contributed by atoms with E-state index in [2.05, 4.69) is 15.6 Å². The van der Waals surface area contributed by atoms with Crippen LogP contribution in [0.3, 0.4) is 0 Å². The highest BCUT2D eigenvalue weighted by atomic mass is 32.2. The number of para-hydroxylation sites is 1. The second-order valence-corrected chi connectivity index (χ2v) is 8.21. The van der Waals surface area contributed by atoms with Gasteiger partial charge in [-0.3, -0.25) is 9.59 Å². The molecule has 0 bridgehead atoms. The summed E-state index contributed by atoms with van der Waals surface area (Å²) in [6.45, 7) is 0. The fourth-order valence-corrected chi connectivity index (χ4v) is 4.47. The van der Waals surface area contributed by atoms with Gasteiger partial charge in [0.25, 0.3) is 0 Å². The van der Waals surface area contributed by atoms with Gasteiger partial charge in [-0.1, -0.05) is 24.3 Å². The molecule has 2 amide bonds. The highest BCUT2D eigenvalue weighted by Gasteiger charge is 2.30. The molecular formula is C22H22N4O3S. The van der Waals surface area contributed by atoms with Gasteiger partial charge in [-0.05, 0) is 29.8 Å². The number of thioether (sulfide) groups is 1. The largest absolute Gasteiger partial charge is 0.497 e. The molecule has 30 heavy (non-hydrogen) atoms. The second kappa shape index (κ2) is 8.62. The Morgan fingerprint density at radius 3 is 2.73 bits per heavy atom. The minimum Gasteiger partial charge on any atom is -0.497 e. The maximum absolute atomic E-state index is 12.9. The number of hydrogen-bond acceptors (Lipinski definition) is 5. The molecule has 8 heteroatoms. The Kier molecular flexibility index (Phi) is 5.76. The van der Waals surface area contributed by atoms with Crippen molar-refractivity contribution in [1.29, 1.82) is 0 Å². The van der Waals surface area contributed by atoms with Gasteiger partial charge in [0, 0.05) is 30.8 Å². The van der Waals surface area contributed by atoms with Gasteiger partial charge >= 0.3 is 0 Å². The number of carbonyl (C=O) groups excluding carboxylic acids is 2. The molecule has 7 nitrogen and oxygen atoms in total. The lowest BCUT2D eigenvalue weighted by Gasteiger charge is -2.25. The molecule has 2 aromatic carbocycles. The van der Waals surface area contributed by atoms with Crippen molar-refractivity contribution in [3.05, 3.63) is 72.3 Å². The fourth-order valence-electron chi connectivity index (χ4n) is 3.36. The number of methoxy groups -OCH3 is 1. The Balaban J connectivity index is 1.52. The van der Waals surface area contributed by atoms with E-state index in [9.17, 15) is 9.59 Å². The number of aryl methyl sites for hydroxylation is 1. The Bertz CT molecular complexity index is 1060. The molecule has 2 unspecified atom stereocenters. The second-order valence-electron chi connectivity index (χ2n) is 6.97. The van der Waals surface area contributed by atoms with Crippen molar-refractivity contribution in [2.75, 3.05) is 12.4 Å². The predicted octanol–water partition coefficient (Wildman–Crippen LogP) is 3.14. The highest BCUT2D eigenvalue weighted by Crippen LogP contribution is 2.36. The lowest BCUT2D eigenvalue weighted by molar-refractivity contribution is -0.124. The molecule has 0 saturated heterocycles. The zero-order valence-corrected chi connectivity index (χ0v) is 17.5. The number of aromatic nitrogens is 2. The number of hydrogen-bond donors (Lipinski definition) is 2. The Morgan fingerprint density at radius 2 is 2.03 bits per heavy atom. The Hall–Kier alpha value is -3.26. The lowest BCUT2D eigenvalue weighted by atomic mass is 10.1. The van der Waals surface area contributed by atoms with Crippen LogP contribution in [-0.4, -0.2) is 33.7 Å². The first-order valence-electron chi connectivity index (χ1n) is 9.52. The molecule has 0 saturated carbocycles. The molecular weight excluding hydrogens is 400 g/mol. The van der Waals surface area contributed by atoms with Crippen LogP contribution in [0.25, 0.3) is 0 Å². The standard InChI is InChI=1S/C22H22N4O3S/c1-26-12-11-23-21(26)20(14-7-9-15(29-2)10-8-14)25-19(27)13-18-22(28)24-16-5-3-4-6-17(16)30-18/h3-12,18,20H,13H2,1-2H3,(H,24,28)(H,25,27). The van der Waals surface area contributed by atoms with Crippen LogP contribution >= 0.6 is 11.8 Å². The van der Waals surface area contributed by atoms with Crippen molar-refractivity contribution in [2.45, 2.75) is 22.6 Å². The fraction of sp³-hybridized carbons (Fsp3) is 0.227. The number of anilines is 1. The van der Waals surface area contributed by atoms with Gasteiger partial charge in [0.15, 0.2) is 0 Å². The zero-order chi connectivity index (χ0) is 21.1. The van der Waals surface area contributed by atoms with Gasteiger partial charge in [-0.15, -0.1) is 11.8 Å². The quantitative estimate of drug-likeness (QED) is 0.638. The molecule has 0 fully saturated rings. The van der Waals surface area contributed by atoms with Crippen LogP contribution < -0.4 is 15.4 Å². The summed E-state index contributed by atoms with van der Waals surface area (Å²) >= 11 is 1.41. The normalized spacial score (nSPS) is 16.3. The molecule has 0 spiro atoms. The third-order valence-electron chi connectivity index (χ3n) is 4.95. The van der Waals surface area contributed by atoms with Crippen molar-refractivity contribution in [2.24, 2.45) is 7.05 Å². The molecule has 0 radical (unpaired) electrons. The summed E-state index contributed by atoms with van der Waals surface area (Å²) < 4.78 is 7.10. The topological polar surface area (TPSA) is 85.2 Å². The van der Waals surface area contributed by atoms with E-state index in [0.717, 1.165) is 21.9 Å². The number of imidazole rings is 1. The van der Waals surface area contributed by atoms with Crippen molar-refractivity contribution in [3.8, 4) is 5.75 Å². The number of benzene rings is 2. The van der Waals surface area contributed by atoms with E-state index in [1.54, 1.807) is 13.3 Å². The first-order valence-corrected chi connectivity index (χ1v) is 10.4. The molecule has 1 aromatic heterocycles. The average molecular weight is 423 g/mol. The van der Waals surface area contributed by atoms with Crippen LogP contribution in [0.4, 0.5) is 5.69 Å². The van der Waals surface area contributed by atoms with Crippen molar-refractivity contribution >= 4 is 29.3 Å². The molecule has 4 rings (SSSR count). The van der Waals surface area contributed by atoms with Crippen LogP contribution in [0.2, 0.25) is 0 Å². The number of rotatable bonds is 6. The van der Waals surface area contributed by atoms with Crippen LogP contribution in [-0.2, 0) is 16.6 Å². The minimum absolute atomic E-state index is 0.0713. The average Bonchev–Trinajstić information content (AvgIpc) is 3.18. The summed E-state index contributed by atoms with van der Waals surface area (Å²) in [6.07, 6.45) is 3.60. The van der Waals surface area contributed by atoms with Crippen LogP contribution in [0.15, 0.2) is 65.8 Å². The molecule has 2 atom stereocenters. The third-order valence-corrected chi connectivity index (χ3v) is 6.22. The van der Waals surface area contributed by atoms with Crippen LogP contribution in [0, 0.1) is 0 Å². The van der Waals surface area contributed by atoms with E-state index in [1.165, 1.54) is 11.8 Å². The number of fused-ring (bicyclic) bond motifs is 1. The van der Waals surface area contributed by atoms with Crippen molar-refractivity contribution < 1.29 is 14.3 Å². The summed E-state index contributed by atoms with van der Waals surface area (Å²) in [5.74, 6) is 1.06. The van der Waals surface area contributed by atoms with Crippen molar-refractivity contribution in [1.82, 2.24) is 14.9 Å². The maximum Gasteiger partial charge on any atom is 0.238 e. The molecule has 2 heterocycles. The summed E-state index contributed by atoms with van der Waals surface area (Å²) in [4.78, 5) is 30.8. The Morgan fingerprint density at radius 1 is 1.27 bits per heavy atom. The number of nitrogens with one attached hydrogen (secondary N) is 2. The van der Waals surface area contributed by atoms with E-state index >= 15 is 0 Å². The number of ether oxygens (including phenoxy) is 1. The van der Waals surface area contributed by atoms with Gasteiger partial charge in [0.2, 0.25) is 11.8 Å². The van der Waals surface area contributed by atoms with Gasteiger partial charge in [0.05, 0.1) is 18.0 Å². The first kappa shape index (κ1) is 20.0. The van der Waals surface area contributed by atoms with Crippen molar-refractivity contribution in [3.63, 3.8) is 0 Å². The Labute approximate surface area is 178 Å². The van der Waals surface area contributed by atoms with E-state index in [1.807, 2.05) is 66.3 Å². The highest BCUT2D eigenvalue weighted by molar-refractivity contribution is 8.01. The SMILES string of the molecule is COc1ccc(C(NC(=O)CC2Sc3ccccc3NC2=O)c2nccn2C)cc1. The number of nitrogens with zero attached hydrogens (tertiary/aromatic N) is 2. The summed E-state index contributed by atoms with van der Waals surface area (Å²) in [5.41, 5.74) is 1.66.